The lowest BCUT2D eigenvalue weighted by Crippen LogP contribution is -2.46. The van der Waals surface area contributed by atoms with Crippen molar-refractivity contribution in [3.8, 4) is 0 Å². The van der Waals surface area contributed by atoms with Crippen LogP contribution in [0.5, 0.6) is 0 Å². The van der Waals surface area contributed by atoms with E-state index in [4.69, 9.17) is 0 Å². The third-order valence-electron chi connectivity index (χ3n) is 5.86. The first-order valence-corrected chi connectivity index (χ1v) is 8.93. The Kier molecular flexibility index (Phi) is 4.62. The Morgan fingerprint density at radius 3 is 2.48 bits per heavy atom. The van der Waals surface area contributed by atoms with Crippen LogP contribution in [0.3, 0.4) is 0 Å². The minimum Gasteiger partial charge on any atom is -0.394 e. The minimum atomic E-state index is -0.482. The summed E-state index contributed by atoms with van der Waals surface area (Å²) >= 11 is 0. The lowest BCUT2D eigenvalue weighted by atomic mass is 9.74. The molecule has 2 saturated heterocycles. The van der Waals surface area contributed by atoms with E-state index in [0.717, 1.165) is 24.8 Å². The molecule has 0 aromatic carbocycles. The van der Waals surface area contributed by atoms with E-state index in [2.05, 4.69) is 5.10 Å². The largest absolute Gasteiger partial charge is 0.394 e. The van der Waals surface area contributed by atoms with Crippen LogP contribution in [-0.2, 0) is 16.1 Å². The van der Waals surface area contributed by atoms with E-state index in [1.165, 1.54) is 0 Å². The van der Waals surface area contributed by atoms with E-state index < -0.39 is 5.54 Å². The van der Waals surface area contributed by atoms with Gasteiger partial charge in [-0.25, -0.2) is 0 Å². The van der Waals surface area contributed by atoms with Gasteiger partial charge in [0.1, 0.15) is 6.54 Å². The van der Waals surface area contributed by atoms with Crippen molar-refractivity contribution in [2.45, 2.75) is 52.1 Å². The maximum absolute atomic E-state index is 12.5. The third-order valence-corrected chi connectivity index (χ3v) is 5.86. The number of rotatable bonds is 3. The van der Waals surface area contributed by atoms with Gasteiger partial charge in [0.25, 0.3) is 0 Å². The number of piperidine rings is 1. The SMILES string of the molecule is CC(=O)N1CC2(CCN(C(=O)Cn3cc(C)cn3)CC2)C[C@]1(C)CO. The zero-order valence-electron chi connectivity index (χ0n) is 15.4. The Morgan fingerprint density at radius 1 is 1.32 bits per heavy atom. The molecular formula is C18H28N4O3. The molecule has 0 bridgehead atoms. The first-order chi connectivity index (χ1) is 11.8. The molecule has 1 spiro atoms. The number of hydrogen-bond donors (Lipinski definition) is 1. The van der Waals surface area contributed by atoms with Gasteiger partial charge >= 0.3 is 0 Å². The highest BCUT2D eigenvalue weighted by Gasteiger charge is 2.52. The zero-order valence-corrected chi connectivity index (χ0v) is 15.4. The summed E-state index contributed by atoms with van der Waals surface area (Å²) in [6, 6.07) is 0. The van der Waals surface area contributed by atoms with Crippen LogP contribution in [0.2, 0.25) is 0 Å². The summed E-state index contributed by atoms with van der Waals surface area (Å²) in [5.74, 6) is 0.102. The van der Waals surface area contributed by atoms with Crippen molar-refractivity contribution in [1.82, 2.24) is 19.6 Å². The fourth-order valence-corrected chi connectivity index (χ4v) is 4.48. The molecule has 2 aliphatic rings. The minimum absolute atomic E-state index is 0.0148. The fraction of sp³-hybridized carbons (Fsp3) is 0.722. The quantitative estimate of drug-likeness (QED) is 0.876. The number of carbonyl (C=O) groups is 2. The molecule has 1 atom stereocenters. The fourth-order valence-electron chi connectivity index (χ4n) is 4.48. The number of amides is 2. The highest BCUT2D eigenvalue weighted by Crippen LogP contribution is 2.47. The van der Waals surface area contributed by atoms with Crippen molar-refractivity contribution in [2.24, 2.45) is 5.41 Å². The van der Waals surface area contributed by atoms with E-state index >= 15 is 0 Å². The molecule has 0 unspecified atom stereocenters. The first kappa shape index (κ1) is 17.9. The molecule has 1 N–H and O–H groups in total. The Morgan fingerprint density at radius 2 is 2.00 bits per heavy atom. The number of carbonyl (C=O) groups excluding carboxylic acids is 2. The summed E-state index contributed by atoms with van der Waals surface area (Å²) in [6.07, 6.45) is 6.17. The monoisotopic (exact) mass is 348 g/mol. The molecule has 2 aliphatic heterocycles. The molecule has 3 heterocycles. The Labute approximate surface area is 148 Å². The predicted octanol–water partition coefficient (Wildman–Crippen LogP) is 0.804. The van der Waals surface area contributed by atoms with Gasteiger partial charge < -0.3 is 14.9 Å². The summed E-state index contributed by atoms with van der Waals surface area (Å²) in [5, 5.41) is 14.0. The number of aliphatic hydroxyl groups excluding tert-OH is 1. The van der Waals surface area contributed by atoms with Gasteiger partial charge in [0.05, 0.1) is 18.3 Å². The molecule has 7 nitrogen and oxygen atoms in total. The van der Waals surface area contributed by atoms with Crippen LogP contribution in [0.1, 0.15) is 38.7 Å². The molecule has 0 aliphatic carbocycles. The normalized spacial score (nSPS) is 25.6. The second-order valence-corrected chi connectivity index (χ2v) is 8.03. The Balaban J connectivity index is 1.61. The highest BCUT2D eigenvalue weighted by atomic mass is 16.3. The molecule has 0 radical (unpaired) electrons. The zero-order chi connectivity index (χ0) is 18.2. The Bertz CT molecular complexity index is 663. The lowest BCUT2D eigenvalue weighted by Gasteiger charge is -2.39. The van der Waals surface area contributed by atoms with Crippen molar-refractivity contribution in [3.63, 3.8) is 0 Å². The maximum Gasteiger partial charge on any atom is 0.244 e. The third kappa shape index (κ3) is 3.42. The topological polar surface area (TPSA) is 78.7 Å². The van der Waals surface area contributed by atoms with Crippen molar-refractivity contribution in [2.75, 3.05) is 26.2 Å². The maximum atomic E-state index is 12.5. The molecule has 3 rings (SSSR count). The molecule has 25 heavy (non-hydrogen) atoms. The van der Waals surface area contributed by atoms with Gasteiger partial charge in [-0.15, -0.1) is 0 Å². The molecule has 0 saturated carbocycles. The molecule has 2 fully saturated rings. The second kappa shape index (κ2) is 6.44. The molecule has 7 heteroatoms. The van der Waals surface area contributed by atoms with Gasteiger partial charge in [0.15, 0.2) is 0 Å². The number of aliphatic hydroxyl groups is 1. The van der Waals surface area contributed by atoms with E-state index in [1.807, 2.05) is 29.8 Å². The predicted molar refractivity (Wildman–Crippen MR) is 92.7 cm³/mol. The van der Waals surface area contributed by atoms with Crippen molar-refractivity contribution >= 4 is 11.8 Å². The lowest BCUT2D eigenvalue weighted by molar-refractivity contribution is -0.136. The number of aryl methyl sites for hydroxylation is 1. The molecule has 1 aromatic heterocycles. The summed E-state index contributed by atoms with van der Waals surface area (Å²) in [6.45, 7) is 7.82. The van der Waals surface area contributed by atoms with Gasteiger partial charge in [0, 0.05) is 32.8 Å². The average Bonchev–Trinajstić information content (AvgIpc) is 3.10. The number of nitrogens with zero attached hydrogens (tertiary/aromatic N) is 4. The van der Waals surface area contributed by atoms with Gasteiger partial charge in [-0.05, 0) is 44.1 Å². The number of likely N-dealkylation sites (tertiary alicyclic amines) is 2. The van der Waals surface area contributed by atoms with Crippen LogP contribution in [0.4, 0.5) is 0 Å². The van der Waals surface area contributed by atoms with Gasteiger partial charge in [0.2, 0.25) is 11.8 Å². The van der Waals surface area contributed by atoms with Crippen molar-refractivity contribution in [3.05, 3.63) is 18.0 Å². The first-order valence-electron chi connectivity index (χ1n) is 8.93. The van der Waals surface area contributed by atoms with Gasteiger partial charge in [-0.2, -0.15) is 5.10 Å². The van der Waals surface area contributed by atoms with Crippen LogP contribution in [0.15, 0.2) is 12.4 Å². The summed E-state index contributed by atoms with van der Waals surface area (Å²) in [7, 11) is 0. The van der Waals surface area contributed by atoms with Crippen molar-refractivity contribution in [1.29, 1.82) is 0 Å². The summed E-state index contributed by atoms with van der Waals surface area (Å²) in [4.78, 5) is 28.2. The van der Waals surface area contributed by atoms with E-state index in [-0.39, 0.29) is 30.4 Å². The van der Waals surface area contributed by atoms with E-state index in [1.54, 1.807) is 17.8 Å². The Hall–Kier alpha value is -1.89. The number of hydrogen-bond acceptors (Lipinski definition) is 4. The smallest absolute Gasteiger partial charge is 0.244 e. The standard InChI is InChI=1S/C18H28N4O3/c1-14-8-19-21(9-14)10-16(25)20-6-4-18(5-7-20)11-17(3,13-23)22(12-18)15(2)24/h8-9,23H,4-7,10-13H2,1-3H3/t17-/m1/s1. The summed E-state index contributed by atoms with van der Waals surface area (Å²) in [5.41, 5.74) is 0.580. The number of aromatic nitrogens is 2. The van der Waals surface area contributed by atoms with Crippen LogP contribution < -0.4 is 0 Å². The molecule has 138 valence electrons. The summed E-state index contributed by atoms with van der Waals surface area (Å²) < 4.78 is 1.68. The van der Waals surface area contributed by atoms with Crippen LogP contribution in [-0.4, -0.2) is 68.3 Å². The van der Waals surface area contributed by atoms with E-state index in [0.29, 0.717) is 19.6 Å². The van der Waals surface area contributed by atoms with E-state index in [9.17, 15) is 14.7 Å². The van der Waals surface area contributed by atoms with Crippen LogP contribution >= 0.6 is 0 Å². The van der Waals surface area contributed by atoms with Crippen molar-refractivity contribution < 1.29 is 14.7 Å². The molecule has 2 amide bonds. The van der Waals surface area contributed by atoms with Gasteiger partial charge in [-0.1, -0.05) is 0 Å². The molecule has 1 aromatic rings. The average molecular weight is 348 g/mol. The van der Waals surface area contributed by atoms with Gasteiger partial charge in [-0.3, -0.25) is 14.3 Å². The van der Waals surface area contributed by atoms with Crippen LogP contribution in [0, 0.1) is 12.3 Å². The molecular weight excluding hydrogens is 320 g/mol. The van der Waals surface area contributed by atoms with Crippen LogP contribution in [0.25, 0.3) is 0 Å². The second-order valence-electron chi connectivity index (χ2n) is 8.03. The highest BCUT2D eigenvalue weighted by molar-refractivity contribution is 5.76.